The van der Waals surface area contributed by atoms with Gasteiger partial charge in [0.25, 0.3) is 0 Å². The molecule has 0 aromatic heterocycles. The number of phosphoric acid groups is 1. The van der Waals surface area contributed by atoms with Gasteiger partial charge in [0.15, 0.2) is 0 Å². The largest absolute Gasteiger partial charge is 0.762 e. The molecule has 0 amide bonds. The zero-order valence-electron chi connectivity index (χ0n) is 14.3. The number of hydrogen-bond acceptors (Lipinski definition) is 4. The van der Waals surface area contributed by atoms with Gasteiger partial charge >= 0.3 is 15.4 Å². The Kier molecular flexibility index (Phi) is 8.85. The van der Waals surface area contributed by atoms with Crippen molar-refractivity contribution in [3.63, 3.8) is 0 Å². The average Bonchev–Trinajstić information content (AvgIpc) is 1.85. The molecule has 0 spiro atoms. The maximum atomic E-state index is 12.6. The van der Waals surface area contributed by atoms with Gasteiger partial charge in [-0.25, -0.2) is 4.57 Å². The molecule has 0 aliphatic heterocycles. The summed E-state index contributed by atoms with van der Waals surface area (Å²) >= 11 is 0. The molecule has 0 rings (SSSR count). The Bertz CT molecular complexity index is 296. The predicted molar refractivity (Wildman–Crippen MR) is 79.2 cm³/mol. The van der Waals surface area contributed by atoms with Crippen LogP contribution in [0.4, 0.5) is 12.9 Å². The van der Waals surface area contributed by atoms with Crippen molar-refractivity contribution in [1.82, 2.24) is 0 Å². The molecular weight excluding hydrogens is 307 g/mol. The van der Waals surface area contributed by atoms with Crippen LogP contribution in [0.25, 0.3) is 0 Å². The summed E-state index contributed by atoms with van der Waals surface area (Å²) in [5.41, 5.74) is -1.77. The van der Waals surface area contributed by atoms with Crippen LogP contribution in [0.3, 0.4) is 0 Å². The molecule has 0 saturated carbocycles. The van der Waals surface area contributed by atoms with Crippen molar-refractivity contribution in [2.45, 2.75) is 79.1 Å². The Hall–Kier alpha value is -0.0351. The first-order valence-corrected chi connectivity index (χ1v) is 7.96. The number of rotatable bonds is 3. The van der Waals surface area contributed by atoms with Gasteiger partial charge in [-0.1, -0.05) is 0 Å². The molecule has 9 heteroatoms. The van der Waals surface area contributed by atoms with E-state index in [4.69, 9.17) is 13.6 Å². The summed E-state index contributed by atoms with van der Waals surface area (Å²) in [5, 5.41) is 0. The van der Waals surface area contributed by atoms with E-state index in [1.54, 1.807) is 0 Å². The summed E-state index contributed by atoms with van der Waals surface area (Å²) in [6.07, 6.45) is 0. The summed E-state index contributed by atoms with van der Waals surface area (Å²) in [6.45, 7) is 16.4. The molecule has 0 aliphatic rings. The average molecular weight is 334 g/mol. The standard InChI is InChI=1S/C12H27O4P.BF3/c1-10(2,3)14-17(13,15-11(4,5)6)16-12(7,8)9;2-1(3)4/h1-9H3;. The van der Waals surface area contributed by atoms with Crippen LogP contribution in [-0.2, 0) is 18.1 Å². The summed E-state index contributed by atoms with van der Waals surface area (Å²) in [6, 6.07) is 0. The molecule has 4 nitrogen and oxygen atoms in total. The molecule has 0 aliphatic carbocycles. The zero-order valence-corrected chi connectivity index (χ0v) is 15.2. The topological polar surface area (TPSA) is 44.8 Å². The first-order valence-electron chi connectivity index (χ1n) is 6.50. The maximum absolute atomic E-state index is 12.6. The van der Waals surface area contributed by atoms with Crippen LogP contribution >= 0.6 is 7.82 Å². The Morgan fingerprint density at radius 3 is 0.905 bits per heavy atom. The fraction of sp³-hybridized carbons (Fsp3) is 1.00. The van der Waals surface area contributed by atoms with E-state index in [2.05, 4.69) is 0 Å². The molecule has 0 radical (unpaired) electrons. The van der Waals surface area contributed by atoms with Crippen LogP contribution in [-0.4, -0.2) is 24.3 Å². The predicted octanol–water partition coefficient (Wildman–Crippen LogP) is 5.42. The van der Waals surface area contributed by atoms with Gasteiger partial charge in [-0.05, 0) is 62.3 Å². The second-order valence-corrected chi connectivity index (χ2v) is 8.75. The lowest BCUT2D eigenvalue weighted by Gasteiger charge is -2.34. The minimum Gasteiger partial charge on any atom is -0.281 e. The third kappa shape index (κ3) is 20.0. The van der Waals surface area contributed by atoms with Gasteiger partial charge in [0.05, 0.1) is 16.8 Å². The summed E-state index contributed by atoms with van der Waals surface area (Å²) in [7, 11) is -7.25. The lowest BCUT2D eigenvalue weighted by molar-refractivity contribution is -0.0264. The van der Waals surface area contributed by atoms with Gasteiger partial charge in [0.1, 0.15) is 0 Å². The van der Waals surface area contributed by atoms with Crippen molar-refractivity contribution < 1.29 is 31.1 Å². The van der Waals surface area contributed by atoms with Gasteiger partial charge in [0.2, 0.25) is 0 Å². The molecular formula is C12H27BF3O4P. The van der Waals surface area contributed by atoms with E-state index in [9.17, 15) is 17.5 Å². The van der Waals surface area contributed by atoms with E-state index in [0.717, 1.165) is 0 Å². The second kappa shape index (κ2) is 8.00. The van der Waals surface area contributed by atoms with Crippen molar-refractivity contribution in [2.24, 2.45) is 0 Å². The van der Waals surface area contributed by atoms with Crippen molar-refractivity contribution in [1.29, 1.82) is 0 Å². The molecule has 0 aromatic rings. The highest BCUT2D eigenvalue weighted by Gasteiger charge is 2.40. The SMILES string of the molecule is CC(C)(C)OP(=O)(OC(C)(C)C)OC(C)(C)C.FB(F)F. The van der Waals surface area contributed by atoms with E-state index in [1.807, 2.05) is 62.3 Å². The van der Waals surface area contributed by atoms with Gasteiger partial charge in [-0.3, -0.25) is 26.5 Å². The minimum absolute atomic E-state index is 0.591. The quantitative estimate of drug-likeness (QED) is 0.511. The maximum Gasteiger partial charge on any atom is 0.762 e. The smallest absolute Gasteiger partial charge is 0.281 e. The number of halogens is 3. The minimum atomic E-state index is -3.67. The Balaban J connectivity index is 0. The van der Waals surface area contributed by atoms with Crippen molar-refractivity contribution >= 4 is 15.4 Å². The van der Waals surface area contributed by atoms with Crippen LogP contribution in [0.15, 0.2) is 0 Å². The third-order valence-electron chi connectivity index (χ3n) is 1.16. The third-order valence-corrected chi connectivity index (χ3v) is 3.47. The Morgan fingerprint density at radius 1 is 0.667 bits per heavy atom. The van der Waals surface area contributed by atoms with E-state index in [-0.39, 0.29) is 0 Å². The lowest BCUT2D eigenvalue weighted by Crippen LogP contribution is -2.28. The highest BCUT2D eigenvalue weighted by molar-refractivity contribution is 7.48. The molecule has 0 atom stereocenters. The molecule has 0 heterocycles. The van der Waals surface area contributed by atoms with Crippen LogP contribution in [0.2, 0.25) is 0 Å². The molecule has 0 saturated heterocycles. The first-order chi connectivity index (χ1) is 8.85. The molecule has 21 heavy (non-hydrogen) atoms. The highest BCUT2D eigenvalue weighted by atomic mass is 31.2. The zero-order chi connectivity index (χ0) is 17.7. The summed E-state index contributed by atoms with van der Waals surface area (Å²) in [4.78, 5) is 0. The highest BCUT2D eigenvalue weighted by Crippen LogP contribution is 2.57. The molecule has 0 fully saturated rings. The van der Waals surface area contributed by atoms with E-state index < -0.39 is 32.2 Å². The summed E-state index contributed by atoms with van der Waals surface area (Å²) < 4.78 is 58.1. The monoisotopic (exact) mass is 334 g/mol. The van der Waals surface area contributed by atoms with Gasteiger partial charge in [-0.15, -0.1) is 0 Å². The fourth-order valence-electron chi connectivity index (χ4n) is 1.06. The van der Waals surface area contributed by atoms with Crippen molar-refractivity contribution in [2.75, 3.05) is 0 Å². The lowest BCUT2D eigenvalue weighted by atomic mass is 10.2. The normalized spacial score (nSPS) is 13.5. The van der Waals surface area contributed by atoms with Gasteiger partial charge in [-0.2, -0.15) is 0 Å². The van der Waals surface area contributed by atoms with Gasteiger partial charge < -0.3 is 0 Å². The van der Waals surface area contributed by atoms with Crippen molar-refractivity contribution in [3.8, 4) is 0 Å². The molecule has 0 aromatic carbocycles. The van der Waals surface area contributed by atoms with Crippen molar-refractivity contribution in [3.05, 3.63) is 0 Å². The second-order valence-electron chi connectivity index (χ2n) is 7.31. The first kappa shape index (κ1) is 23.2. The van der Waals surface area contributed by atoms with E-state index >= 15 is 0 Å². The Labute approximate surface area is 126 Å². The van der Waals surface area contributed by atoms with Crippen LogP contribution in [0, 0.1) is 0 Å². The van der Waals surface area contributed by atoms with Crippen LogP contribution in [0.5, 0.6) is 0 Å². The van der Waals surface area contributed by atoms with Crippen LogP contribution < -0.4 is 0 Å². The van der Waals surface area contributed by atoms with Gasteiger partial charge in [0, 0.05) is 0 Å². The van der Waals surface area contributed by atoms with E-state index in [1.165, 1.54) is 0 Å². The molecule has 0 N–H and O–H groups in total. The van der Waals surface area contributed by atoms with Crippen LogP contribution in [0.1, 0.15) is 62.3 Å². The molecule has 0 unspecified atom stereocenters. The Morgan fingerprint density at radius 2 is 0.810 bits per heavy atom. The fourth-order valence-corrected chi connectivity index (χ4v) is 3.19. The number of phosphoric ester groups is 1. The molecule has 0 bridgehead atoms. The molecule has 128 valence electrons. The van der Waals surface area contributed by atoms with E-state index in [0.29, 0.717) is 0 Å². The summed E-state index contributed by atoms with van der Waals surface area (Å²) in [5.74, 6) is 0. The number of hydrogen-bond donors (Lipinski definition) is 0.